The molecule has 96 valence electrons. The van der Waals surface area contributed by atoms with E-state index < -0.39 is 0 Å². The molecule has 0 aromatic carbocycles. The molecule has 0 bridgehead atoms. The molecule has 2 unspecified atom stereocenters. The zero-order valence-electron chi connectivity index (χ0n) is 11.4. The molecule has 2 N–H and O–H groups in total. The van der Waals surface area contributed by atoms with E-state index in [0.717, 1.165) is 0 Å². The summed E-state index contributed by atoms with van der Waals surface area (Å²) in [5.74, 6) is 0.708. The summed E-state index contributed by atoms with van der Waals surface area (Å²) in [6, 6.07) is 4.86. The van der Waals surface area contributed by atoms with Crippen molar-refractivity contribution >= 4 is 0 Å². The summed E-state index contributed by atoms with van der Waals surface area (Å²) in [5.41, 5.74) is 7.11. The first-order valence-electron chi connectivity index (χ1n) is 6.38. The minimum Gasteiger partial charge on any atom is -0.329 e. The zero-order chi connectivity index (χ0) is 12.8. The van der Waals surface area contributed by atoms with Gasteiger partial charge in [-0.15, -0.1) is 0 Å². The minimum atomic E-state index is 0.262. The maximum absolute atomic E-state index is 5.90. The normalized spacial score (nSPS) is 15.2. The number of nitrogens with zero attached hydrogens (tertiary/aromatic N) is 2. The summed E-state index contributed by atoms with van der Waals surface area (Å²) in [4.78, 5) is 6.53. The molecule has 0 saturated carbocycles. The molecule has 0 amide bonds. The second kappa shape index (κ2) is 6.72. The smallest absolute Gasteiger partial charge is 0.0485 e. The van der Waals surface area contributed by atoms with Crippen molar-refractivity contribution in [3.8, 4) is 0 Å². The first-order chi connectivity index (χ1) is 8.06. The molecule has 1 aromatic rings. The lowest BCUT2D eigenvalue weighted by atomic mass is 10.0. The second-order valence-electron chi connectivity index (χ2n) is 5.18. The van der Waals surface area contributed by atoms with E-state index in [1.807, 2.05) is 12.3 Å². The number of nitrogens with two attached hydrogens (primary N) is 1. The molecule has 0 spiro atoms. The van der Waals surface area contributed by atoms with Gasteiger partial charge in [-0.3, -0.25) is 9.88 Å². The van der Waals surface area contributed by atoms with E-state index >= 15 is 0 Å². The van der Waals surface area contributed by atoms with Gasteiger partial charge in [0.15, 0.2) is 0 Å². The van der Waals surface area contributed by atoms with Crippen LogP contribution in [0.3, 0.4) is 0 Å². The van der Waals surface area contributed by atoms with Gasteiger partial charge in [0.25, 0.3) is 0 Å². The molecule has 1 rings (SSSR count). The Balaban J connectivity index is 2.74. The third-order valence-corrected chi connectivity index (χ3v) is 3.29. The SMILES string of the molecule is CC(C)CC(C)N(C)C(CN)c1cccnc1. The molecule has 17 heavy (non-hydrogen) atoms. The molecule has 0 radical (unpaired) electrons. The largest absolute Gasteiger partial charge is 0.329 e. The number of hydrogen-bond acceptors (Lipinski definition) is 3. The van der Waals surface area contributed by atoms with Crippen molar-refractivity contribution in [1.82, 2.24) is 9.88 Å². The Morgan fingerprint density at radius 3 is 2.53 bits per heavy atom. The molecule has 2 atom stereocenters. The summed E-state index contributed by atoms with van der Waals surface area (Å²) in [7, 11) is 2.15. The van der Waals surface area contributed by atoms with Crippen LogP contribution in [0.4, 0.5) is 0 Å². The number of hydrogen-bond donors (Lipinski definition) is 1. The molecular formula is C14H25N3. The Bertz CT molecular complexity index is 311. The topological polar surface area (TPSA) is 42.1 Å². The summed E-state index contributed by atoms with van der Waals surface area (Å²) >= 11 is 0. The van der Waals surface area contributed by atoms with Gasteiger partial charge in [0, 0.05) is 31.0 Å². The fraction of sp³-hybridized carbons (Fsp3) is 0.643. The summed E-state index contributed by atoms with van der Waals surface area (Å²) in [5, 5.41) is 0. The second-order valence-corrected chi connectivity index (χ2v) is 5.18. The fourth-order valence-corrected chi connectivity index (χ4v) is 2.27. The van der Waals surface area contributed by atoms with Crippen molar-refractivity contribution in [2.75, 3.05) is 13.6 Å². The van der Waals surface area contributed by atoms with Gasteiger partial charge in [-0.2, -0.15) is 0 Å². The van der Waals surface area contributed by atoms with Crippen molar-refractivity contribution in [2.24, 2.45) is 11.7 Å². The van der Waals surface area contributed by atoms with Gasteiger partial charge in [0.05, 0.1) is 0 Å². The Labute approximate surface area is 105 Å². The molecule has 0 aliphatic heterocycles. The molecule has 0 saturated heterocycles. The van der Waals surface area contributed by atoms with Crippen LogP contribution < -0.4 is 5.73 Å². The van der Waals surface area contributed by atoms with Crippen LogP contribution in [0.25, 0.3) is 0 Å². The van der Waals surface area contributed by atoms with E-state index in [1.54, 1.807) is 6.20 Å². The highest BCUT2D eigenvalue weighted by Crippen LogP contribution is 2.22. The zero-order valence-corrected chi connectivity index (χ0v) is 11.4. The number of rotatable bonds is 6. The lowest BCUT2D eigenvalue weighted by molar-refractivity contribution is 0.168. The maximum Gasteiger partial charge on any atom is 0.0485 e. The molecular weight excluding hydrogens is 210 g/mol. The average molecular weight is 235 g/mol. The van der Waals surface area contributed by atoms with Crippen LogP contribution in [0.2, 0.25) is 0 Å². The molecule has 3 nitrogen and oxygen atoms in total. The summed E-state index contributed by atoms with van der Waals surface area (Å²) in [6.07, 6.45) is 4.90. The van der Waals surface area contributed by atoms with Gasteiger partial charge in [-0.1, -0.05) is 19.9 Å². The number of aromatic nitrogens is 1. The van der Waals surface area contributed by atoms with Crippen molar-refractivity contribution in [3.63, 3.8) is 0 Å². The van der Waals surface area contributed by atoms with Gasteiger partial charge in [0.2, 0.25) is 0 Å². The van der Waals surface area contributed by atoms with Crippen LogP contribution in [0.1, 0.15) is 38.8 Å². The van der Waals surface area contributed by atoms with Gasteiger partial charge in [-0.25, -0.2) is 0 Å². The lowest BCUT2D eigenvalue weighted by Gasteiger charge is -2.33. The van der Waals surface area contributed by atoms with E-state index in [2.05, 4.69) is 43.8 Å². The average Bonchev–Trinajstić information content (AvgIpc) is 2.30. The van der Waals surface area contributed by atoms with E-state index in [-0.39, 0.29) is 6.04 Å². The van der Waals surface area contributed by atoms with Crippen molar-refractivity contribution in [3.05, 3.63) is 30.1 Å². The van der Waals surface area contributed by atoms with Crippen molar-refractivity contribution in [1.29, 1.82) is 0 Å². The third-order valence-electron chi connectivity index (χ3n) is 3.29. The molecule has 1 aromatic heterocycles. The molecule has 0 aliphatic rings. The molecule has 3 heteroatoms. The van der Waals surface area contributed by atoms with E-state index in [4.69, 9.17) is 5.73 Å². The monoisotopic (exact) mass is 235 g/mol. The van der Waals surface area contributed by atoms with Gasteiger partial charge in [-0.05, 0) is 37.9 Å². The van der Waals surface area contributed by atoms with E-state index in [0.29, 0.717) is 18.5 Å². The standard InChI is InChI=1S/C14H25N3/c1-11(2)8-12(3)17(4)14(9-15)13-6-5-7-16-10-13/h5-7,10-12,14H,8-9,15H2,1-4H3. The first kappa shape index (κ1) is 14.1. The minimum absolute atomic E-state index is 0.262. The fourth-order valence-electron chi connectivity index (χ4n) is 2.27. The van der Waals surface area contributed by atoms with Crippen molar-refractivity contribution in [2.45, 2.75) is 39.3 Å². The highest BCUT2D eigenvalue weighted by Gasteiger charge is 2.20. The van der Waals surface area contributed by atoms with Gasteiger partial charge >= 0.3 is 0 Å². The van der Waals surface area contributed by atoms with Crippen LogP contribution in [0, 0.1) is 5.92 Å². The highest BCUT2D eigenvalue weighted by atomic mass is 15.2. The van der Waals surface area contributed by atoms with Crippen LogP contribution in [-0.4, -0.2) is 29.5 Å². The van der Waals surface area contributed by atoms with Crippen LogP contribution in [0.15, 0.2) is 24.5 Å². The van der Waals surface area contributed by atoms with Gasteiger partial charge < -0.3 is 5.73 Å². The van der Waals surface area contributed by atoms with E-state index in [1.165, 1.54) is 12.0 Å². The molecule has 0 aliphatic carbocycles. The number of pyridine rings is 1. The summed E-state index contributed by atoms with van der Waals surface area (Å²) < 4.78 is 0. The Kier molecular flexibility index (Phi) is 5.59. The number of likely N-dealkylation sites (N-methyl/N-ethyl adjacent to an activating group) is 1. The van der Waals surface area contributed by atoms with Crippen LogP contribution in [0.5, 0.6) is 0 Å². The third kappa shape index (κ3) is 4.10. The highest BCUT2D eigenvalue weighted by molar-refractivity contribution is 5.14. The lowest BCUT2D eigenvalue weighted by Crippen LogP contribution is -2.37. The van der Waals surface area contributed by atoms with Crippen LogP contribution in [-0.2, 0) is 0 Å². The molecule has 0 fully saturated rings. The van der Waals surface area contributed by atoms with Gasteiger partial charge in [0.1, 0.15) is 0 Å². The Morgan fingerprint density at radius 2 is 2.06 bits per heavy atom. The Hall–Kier alpha value is -0.930. The maximum atomic E-state index is 5.90. The Morgan fingerprint density at radius 1 is 1.35 bits per heavy atom. The predicted molar refractivity (Wildman–Crippen MR) is 72.7 cm³/mol. The quantitative estimate of drug-likeness (QED) is 0.823. The van der Waals surface area contributed by atoms with Crippen LogP contribution >= 0.6 is 0 Å². The first-order valence-corrected chi connectivity index (χ1v) is 6.38. The molecule has 1 heterocycles. The van der Waals surface area contributed by atoms with Crippen molar-refractivity contribution < 1.29 is 0 Å². The van der Waals surface area contributed by atoms with E-state index in [9.17, 15) is 0 Å². The predicted octanol–water partition coefficient (Wildman–Crippen LogP) is 2.45. The summed E-state index contributed by atoms with van der Waals surface area (Å²) in [6.45, 7) is 7.40.